The smallest absolute Gasteiger partial charge is 0.255 e. The topological polar surface area (TPSA) is 42.2 Å². The quantitative estimate of drug-likeness (QED) is 0.817. The first-order valence-electron chi connectivity index (χ1n) is 6.56. The highest BCUT2D eigenvalue weighted by Gasteiger charge is 2.14. The fourth-order valence-electron chi connectivity index (χ4n) is 2.09. The number of hydrogen-bond acceptors (Lipinski definition) is 2. The molecule has 3 nitrogen and oxygen atoms in total. The summed E-state index contributed by atoms with van der Waals surface area (Å²) in [7, 11) is 0. The van der Waals surface area contributed by atoms with Crippen LogP contribution >= 0.6 is 15.9 Å². The van der Waals surface area contributed by atoms with Gasteiger partial charge in [-0.1, -0.05) is 47.5 Å². The molecule has 2 aromatic rings. The van der Waals surface area contributed by atoms with Crippen LogP contribution in [0.1, 0.15) is 30.1 Å². The van der Waals surface area contributed by atoms with Crippen molar-refractivity contribution in [3.63, 3.8) is 0 Å². The summed E-state index contributed by atoms with van der Waals surface area (Å²) in [6.45, 7) is 2.85. The molecular formula is C15H18BrNO2. The minimum atomic E-state index is -0.0574. The monoisotopic (exact) mass is 323 g/mol. The van der Waals surface area contributed by atoms with Crippen LogP contribution < -0.4 is 5.32 Å². The van der Waals surface area contributed by atoms with E-state index in [1.807, 2.05) is 24.3 Å². The Morgan fingerprint density at radius 2 is 2.21 bits per heavy atom. The first-order chi connectivity index (χ1) is 9.26. The standard InChI is InChI=1S/C15H18BrNO2/c1-2-11(7-8-16)9-17-15(18)13-10-19-14-6-4-3-5-12(13)14/h3-6,10-11H,2,7-9H2,1H3,(H,17,18). The van der Waals surface area contributed by atoms with Crippen LogP contribution in [0, 0.1) is 5.92 Å². The van der Waals surface area contributed by atoms with Gasteiger partial charge in [0.2, 0.25) is 0 Å². The van der Waals surface area contributed by atoms with E-state index in [0.29, 0.717) is 18.0 Å². The minimum Gasteiger partial charge on any atom is -0.463 e. The van der Waals surface area contributed by atoms with E-state index in [0.717, 1.165) is 29.1 Å². The summed E-state index contributed by atoms with van der Waals surface area (Å²) >= 11 is 3.44. The molecule has 0 radical (unpaired) electrons. The van der Waals surface area contributed by atoms with Gasteiger partial charge in [-0.25, -0.2) is 0 Å². The van der Waals surface area contributed by atoms with E-state index in [-0.39, 0.29) is 5.91 Å². The van der Waals surface area contributed by atoms with Gasteiger partial charge in [-0.2, -0.15) is 0 Å². The van der Waals surface area contributed by atoms with Crippen molar-refractivity contribution in [1.82, 2.24) is 5.32 Å². The van der Waals surface area contributed by atoms with Gasteiger partial charge in [0, 0.05) is 17.3 Å². The van der Waals surface area contributed by atoms with Gasteiger partial charge in [-0.3, -0.25) is 4.79 Å². The van der Waals surface area contributed by atoms with Gasteiger partial charge in [0.25, 0.3) is 5.91 Å². The van der Waals surface area contributed by atoms with Crippen LogP contribution in [0.4, 0.5) is 0 Å². The summed E-state index contributed by atoms with van der Waals surface area (Å²) in [5.41, 5.74) is 1.37. The molecule has 1 amide bonds. The molecule has 1 atom stereocenters. The summed E-state index contributed by atoms with van der Waals surface area (Å²) in [6.07, 6.45) is 3.67. The number of carbonyl (C=O) groups is 1. The van der Waals surface area contributed by atoms with Crippen molar-refractivity contribution in [2.24, 2.45) is 5.92 Å². The maximum atomic E-state index is 12.2. The van der Waals surface area contributed by atoms with Crippen LogP contribution in [0.3, 0.4) is 0 Å². The lowest BCUT2D eigenvalue weighted by molar-refractivity contribution is 0.0947. The molecule has 102 valence electrons. The first kappa shape index (κ1) is 14.1. The summed E-state index contributed by atoms with van der Waals surface area (Å²) < 4.78 is 5.38. The first-order valence-corrected chi connectivity index (χ1v) is 7.68. The van der Waals surface area contributed by atoms with E-state index in [2.05, 4.69) is 28.2 Å². The van der Waals surface area contributed by atoms with E-state index < -0.39 is 0 Å². The Hall–Kier alpha value is -1.29. The summed E-state index contributed by atoms with van der Waals surface area (Å²) in [5.74, 6) is 0.458. The number of nitrogens with one attached hydrogen (secondary N) is 1. The van der Waals surface area contributed by atoms with Gasteiger partial charge in [-0.05, 0) is 18.4 Å². The third-order valence-electron chi connectivity index (χ3n) is 3.37. The average molecular weight is 324 g/mol. The van der Waals surface area contributed by atoms with E-state index in [1.54, 1.807) is 0 Å². The molecule has 1 aromatic carbocycles. The van der Waals surface area contributed by atoms with Crippen molar-refractivity contribution in [3.8, 4) is 0 Å². The zero-order chi connectivity index (χ0) is 13.7. The largest absolute Gasteiger partial charge is 0.463 e. The molecule has 0 aliphatic carbocycles. The fourth-order valence-corrected chi connectivity index (χ4v) is 2.74. The molecule has 0 spiro atoms. The van der Waals surface area contributed by atoms with Gasteiger partial charge >= 0.3 is 0 Å². The molecule has 0 bridgehead atoms. The molecule has 0 saturated heterocycles. The predicted molar refractivity (Wildman–Crippen MR) is 80.7 cm³/mol. The Morgan fingerprint density at radius 3 is 2.95 bits per heavy atom. The average Bonchev–Trinajstić information content (AvgIpc) is 2.87. The molecular weight excluding hydrogens is 306 g/mol. The van der Waals surface area contributed by atoms with E-state index >= 15 is 0 Å². The van der Waals surface area contributed by atoms with Crippen LogP contribution in [0.5, 0.6) is 0 Å². The molecule has 1 unspecified atom stereocenters. The number of alkyl halides is 1. The van der Waals surface area contributed by atoms with E-state index in [9.17, 15) is 4.79 Å². The summed E-state index contributed by atoms with van der Waals surface area (Å²) in [6, 6.07) is 7.58. The number of halogens is 1. The molecule has 0 fully saturated rings. The lowest BCUT2D eigenvalue weighted by atomic mass is 10.0. The fraction of sp³-hybridized carbons (Fsp3) is 0.400. The summed E-state index contributed by atoms with van der Waals surface area (Å²) in [4.78, 5) is 12.2. The van der Waals surface area contributed by atoms with Crippen LogP contribution in [-0.2, 0) is 0 Å². The molecule has 19 heavy (non-hydrogen) atoms. The number of furan rings is 1. The Morgan fingerprint density at radius 1 is 1.42 bits per heavy atom. The molecule has 0 aliphatic rings. The van der Waals surface area contributed by atoms with Crippen LogP contribution in [0.15, 0.2) is 34.9 Å². The minimum absolute atomic E-state index is 0.0574. The van der Waals surface area contributed by atoms with Gasteiger partial charge in [0.1, 0.15) is 11.8 Å². The third kappa shape index (κ3) is 3.38. The normalized spacial score (nSPS) is 12.5. The number of para-hydroxylation sites is 1. The van der Waals surface area contributed by atoms with Crippen molar-refractivity contribution in [2.75, 3.05) is 11.9 Å². The molecule has 1 heterocycles. The zero-order valence-electron chi connectivity index (χ0n) is 11.0. The number of amides is 1. The van der Waals surface area contributed by atoms with Crippen LogP contribution in [0.25, 0.3) is 11.0 Å². The predicted octanol–water partition coefficient (Wildman–Crippen LogP) is 3.97. The van der Waals surface area contributed by atoms with Crippen molar-refractivity contribution < 1.29 is 9.21 Å². The number of carbonyl (C=O) groups excluding carboxylic acids is 1. The number of benzene rings is 1. The van der Waals surface area contributed by atoms with Crippen LogP contribution in [-0.4, -0.2) is 17.8 Å². The van der Waals surface area contributed by atoms with Gasteiger partial charge in [0.15, 0.2) is 0 Å². The Bertz CT molecular complexity index is 550. The van der Waals surface area contributed by atoms with Crippen molar-refractivity contribution in [1.29, 1.82) is 0 Å². The molecule has 1 aromatic heterocycles. The maximum absolute atomic E-state index is 12.2. The molecule has 2 rings (SSSR count). The second-order valence-electron chi connectivity index (χ2n) is 4.61. The van der Waals surface area contributed by atoms with Crippen LogP contribution in [0.2, 0.25) is 0 Å². The second-order valence-corrected chi connectivity index (χ2v) is 5.40. The Balaban J connectivity index is 2.04. The van der Waals surface area contributed by atoms with Crippen molar-refractivity contribution >= 4 is 32.8 Å². The SMILES string of the molecule is CCC(CCBr)CNC(=O)c1coc2ccccc12. The third-order valence-corrected chi connectivity index (χ3v) is 3.83. The van der Waals surface area contributed by atoms with Gasteiger partial charge in [0.05, 0.1) is 5.56 Å². The zero-order valence-corrected chi connectivity index (χ0v) is 12.6. The molecule has 4 heteroatoms. The lowest BCUT2D eigenvalue weighted by Crippen LogP contribution is -2.29. The van der Waals surface area contributed by atoms with Crippen molar-refractivity contribution in [2.45, 2.75) is 19.8 Å². The van der Waals surface area contributed by atoms with Gasteiger partial charge < -0.3 is 9.73 Å². The number of fused-ring (bicyclic) bond motifs is 1. The number of hydrogen-bond donors (Lipinski definition) is 1. The second kappa shape index (κ2) is 6.75. The highest BCUT2D eigenvalue weighted by molar-refractivity contribution is 9.09. The molecule has 0 saturated carbocycles. The van der Waals surface area contributed by atoms with Gasteiger partial charge in [-0.15, -0.1) is 0 Å². The Kier molecular flexibility index (Phi) is 5.02. The van der Waals surface area contributed by atoms with E-state index in [4.69, 9.17) is 4.42 Å². The number of rotatable bonds is 6. The summed E-state index contributed by atoms with van der Waals surface area (Å²) in [5, 5.41) is 4.83. The molecule has 0 aliphatic heterocycles. The van der Waals surface area contributed by atoms with Crippen molar-refractivity contribution in [3.05, 3.63) is 36.1 Å². The Labute approximate surface area is 121 Å². The highest BCUT2D eigenvalue weighted by Crippen LogP contribution is 2.20. The lowest BCUT2D eigenvalue weighted by Gasteiger charge is -2.13. The van der Waals surface area contributed by atoms with E-state index in [1.165, 1.54) is 6.26 Å². The maximum Gasteiger partial charge on any atom is 0.255 e. The highest BCUT2D eigenvalue weighted by atomic mass is 79.9. The molecule has 1 N–H and O–H groups in total.